The lowest BCUT2D eigenvalue weighted by Crippen LogP contribution is -2.25. The van der Waals surface area contributed by atoms with Crippen molar-refractivity contribution in [3.63, 3.8) is 0 Å². The molecule has 0 N–H and O–H groups in total. The number of carbonyl (C=O) groups is 2. The highest BCUT2D eigenvalue weighted by molar-refractivity contribution is 6.44. The van der Waals surface area contributed by atoms with Crippen molar-refractivity contribution < 1.29 is 14.3 Å². The number of rotatable bonds is 3. The molecule has 0 saturated heterocycles. The summed E-state index contributed by atoms with van der Waals surface area (Å²) in [6.07, 6.45) is 1.67. The van der Waals surface area contributed by atoms with E-state index >= 15 is 0 Å². The molecule has 2 rings (SSSR count). The number of methoxy groups -OCH3 is 1. The van der Waals surface area contributed by atoms with Crippen LogP contribution in [0.5, 0.6) is 0 Å². The zero-order valence-corrected chi connectivity index (χ0v) is 10.8. The van der Waals surface area contributed by atoms with Gasteiger partial charge in [0.25, 0.3) is 0 Å². The molecule has 5 heteroatoms. The molecule has 1 heterocycles. The molecule has 0 aliphatic heterocycles. The number of fused-ring (bicyclic) bond motifs is 1. The number of hydrogen-bond acceptors (Lipinski definition) is 3. The molecule has 4 nitrogen and oxygen atoms in total. The van der Waals surface area contributed by atoms with E-state index in [0.29, 0.717) is 5.56 Å². The summed E-state index contributed by atoms with van der Waals surface area (Å²) < 4.78 is 6.30. The second-order valence-corrected chi connectivity index (χ2v) is 4.36. The van der Waals surface area contributed by atoms with Gasteiger partial charge in [0.2, 0.25) is 0 Å². The molecule has 0 saturated carbocycles. The summed E-state index contributed by atoms with van der Waals surface area (Å²) in [5, 5.41) is -0.527. The maximum Gasteiger partial charge on any atom is 0.331 e. The number of ether oxygens (including phenoxy) is 1. The number of esters is 1. The first-order valence-corrected chi connectivity index (χ1v) is 5.80. The molecule has 0 aliphatic rings. The Labute approximate surface area is 109 Å². The monoisotopic (exact) mass is 265 g/mol. The Hall–Kier alpha value is -1.81. The van der Waals surface area contributed by atoms with E-state index in [1.165, 1.54) is 7.11 Å². The fraction of sp³-hybridized carbons (Fsp3) is 0.231. The smallest absolute Gasteiger partial charge is 0.331 e. The number of para-hydroxylation sites is 1. The number of nitrogens with zero attached hydrogens (tertiary/aromatic N) is 1. The van der Waals surface area contributed by atoms with Crippen molar-refractivity contribution >= 4 is 34.3 Å². The van der Waals surface area contributed by atoms with Crippen molar-refractivity contribution in [2.75, 3.05) is 7.11 Å². The van der Waals surface area contributed by atoms with Crippen molar-refractivity contribution in [2.24, 2.45) is 7.05 Å². The van der Waals surface area contributed by atoms with Gasteiger partial charge in [0.15, 0.2) is 11.2 Å². The lowest BCUT2D eigenvalue weighted by atomic mass is 10.1. The van der Waals surface area contributed by atoms with E-state index in [0.717, 1.165) is 10.9 Å². The highest BCUT2D eigenvalue weighted by Gasteiger charge is 2.28. The maximum absolute atomic E-state index is 12.1. The van der Waals surface area contributed by atoms with E-state index in [1.54, 1.807) is 6.20 Å². The van der Waals surface area contributed by atoms with Crippen molar-refractivity contribution in [3.8, 4) is 0 Å². The second-order valence-electron chi connectivity index (χ2n) is 3.92. The first-order valence-electron chi connectivity index (χ1n) is 5.36. The average Bonchev–Trinajstić information content (AvgIpc) is 2.74. The normalized spacial score (nSPS) is 12.4. The summed E-state index contributed by atoms with van der Waals surface area (Å²) in [6.45, 7) is 0. The summed E-state index contributed by atoms with van der Waals surface area (Å²) in [5.74, 6) is -1.19. The van der Waals surface area contributed by atoms with Crippen LogP contribution in [0.2, 0.25) is 0 Å². The minimum Gasteiger partial charge on any atom is -0.468 e. The molecular formula is C13H12ClNO3. The number of aromatic nitrogens is 1. The van der Waals surface area contributed by atoms with E-state index in [-0.39, 0.29) is 0 Å². The van der Waals surface area contributed by atoms with Gasteiger partial charge < -0.3 is 9.30 Å². The highest BCUT2D eigenvalue weighted by atomic mass is 35.5. The van der Waals surface area contributed by atoms with Gasteiger partial charge in [0, 0.05) is 29.7 Å². The molecule has 0 bridgehead atoms. The van der Waals surface area contributed by atoms with Crippen molar-refractivity contribution in [1.29, 1.82) is 0 Å². The first-order chi connectivity index (χ1) is 8.56. The lowest BCUT2D eigenvalue weighted by molar-refractivity contribution is -0.139. The third-order valence-corrected chi connectivity index (χ3v) is 3.18. The van der Waals surface area contributed by atoms with Crippen LogP contribution >= 0.6 is 11.6 Å². The first kappa shape index (κ1) is 12.6. The van der Waals surface area contributed by atoms with Crippen molar-refractivity contribution in [3.05, 3.63) is 36.0 Å². The average molecular weight is 266 g/mol. The van der Waals surface area contributed by atoms with Crippen LogP contribution in [0.15, 0.2) is 30.5 Å². The largest absolute Gasteiger partial charge is 0.468 e. The van der Waals surface area contributed by atoms with Crippen molar-refractivity contribution in [2.45, 2.75) is 5.38 Å². The van der Waals surface area contributed by atoms with E-state index in [9.17, 15) is 9.59 Å². The molecule has 18 heavy (non-hydrogen) atoms. The van der Waals surface area contributed by atoms with Gasteiger partial charge in [-0.1, -0.05) is 18.2 Å². The SMILES string of the molecule is COC(=O)C(Cl)C(=O)c1cn(C)c2ccccc12. The fourth-order valence-corrected chi connectivity index (χ4v) is 2.09. The summed E-state index contributed by atoms with van der Waals surface area (Å²) in [4.78, 5) is 23.4. The molecule has 0 spiro atoms. The molecular weight excluding hydrogens is 254 g/mol. The van der Waals surface area contributed by atoms with Crippen LogP contribution in [0.1, 0.15) is 10.4 Å². The minimum absolute atomic E-state index is 0.429. The zero-order valence-electron chi connectivity index (χ0n) is 10.0. The standard InChI is InChI=1S/C13H12ClNO3/c1-15-7-9(8-5-3-4-6-10(8)15)12(16)11(14)13(17)18-2/h3-7,11H,1-2H3. The van der Waals surface area contributed by atoms with Crippen LogP contribution in [0.4, 0.5) is 0 Å². The summed E-state index contributed by atoms with van der Waals surface area (Å²) in [7, 11) is 3.04. The Kier molecular flexibility index (Phi) is 3.39. The molecule has 0 fully saturated rings. The Morgan fingerprint density at radius 3 is 2.67 bits per heavy atom. The predicted octanol–water partition coefficient (Wildman–Crippen LogP) is 2.14. The topological polar surface area (TPSA) is 48.3 Å². The lowest BCUT2D eigenvalue weighted by Gasteiger charge is -2.04. The Morgan fingerprint density at radius 1 is 1.33 bits per heavy atom. The number of Topliss-reactive ketones (excluding diaryl/α,β-unsaturated/α-hetero) is 1. The van der Waals surface area contributed by atoms with E-state index in [4.69, 9.17) is 11.6 Å². The van der Waals surface area contributed by atoms with Gasteiger partial charge in [0.05, 0.1) is 7.11 Å². The van der Waals surface area contributed by atoms with E-state index in [1.807, 2.05) is 35.9 Å². The van der Waals surface area contributed by atoms with Gasteiger partial charge >= 0.3 is 5.97 Å². The highest BCUT2D eigenvalue weighted by Crippen LogP contribution is 2.23. The number of alkyl halides is 1. The molecule has 1 unspecified atom stereocenters. The molecule has 1 aromatic carbocycles. The molecule has 1 aromatic heterocycles. The van der Waals surface area contributed by atoms with Gasteiger partial charge in [-0.15, -0.1) is 11.6 Å². The van der Waals surface area contributed by atoms with Gasteiger partial charge in [-0.3, -0.25) is 4.79 Å². The van der Waals surface area contributed by atoms with Crippen LogP contribution < -0.4 is 0 Å². The van der Waals surface area contributed by atoms with E-state index in [2.05, 4.69) is 4.74 Å². The van der Waals surface area contributed by atoms with Gasteiger partial charge in [-0.2, -0.15) is 0 Å². The number of ketones is 1. The number of benzene rings is 1. The number of aryl methyl sites for hydroxylation is 1. The van der Waals surface area contributed by atoms with Gasteiger partial charge in [-0.05, 0) is 6.07 Å². The number of hydrogen-bond donors (Lipinski definition) is 0. The van der Waals surface area contributed by atoms with Crippen LogP contribution in [-0.2, 0) is 16.6 Å². The summed E-state index contributed by atoms with van der Waals surface area (Å²) in [5.41, 5.74) is 1.34. The molecule has 0 radical (unpaired) electrons. The third kappa shape index (κ3) is 1.99. The van der Waals surface area contributed by atoms with Crippen LogP contribution in [0.25, 0.3) is 10.9 Å². The second kappa shape index (κ2) is 4.82. The number of halogens is 1. The molecule has 94 valence electrons. The molecule has 0 aliphatic carbocycles. The van der Waals surface area contributed by atoms with Crippen molar-refractivity contribution in [1.82, 2.24) is 4.57 Å². The van der Waals surface area contributed by atoms with Gasteiger partial charge in [-0.25, -0.2) is 4.79 Å². The third-order valence-electron chi connectivity index (χ3n) is 2.80. The molecule has 2 aromatic rings. The quantitative estimate of drug-likeness (QED) is 0.370. The Bertz CT molecular complexity index is 618. The molecule has 0 amide bonds. The van der Waals surface area contributed by atoms with Crippen LogP contribution in [-0.4, -0.2) is 28.8 Å². The van der Waals surface area contributed by atoms with Gasteiger partial charge in [0.1, 0.15) is 0 Å². The van der Waals surface area contributed by atoms with Crippen LogP contribution in [0.3, 0.4) is 0 Å². The Balaban J connectivity index is 2.49. The maximum atomic E-state index is 12.1. The van der Waals surface area contributed by atoms with Crippen LogP contribution in [0, 0.1) is 0 Å². The summed E-state index contributed by atoms with van der Waals surface area (Å²) in [6, 6.07) is 7.44. The Morgan fingerprint density at radius 2 is 2.00 bits per heavy atom. The van der Waals surface area contributed by atoms with E-state index < -0.39 is 17.1 Å². The summed E-state index contributed by atoms with van der Waals surface area (Å²) >= 11 is 5.79. The fourth-order valence-electron chi connectivity index (χ4n) is 1.89. The predicted molar refractivity (Wildman–Crippen MR) is 68.9 cm³/mol. The number of carbonyl (C=O) groups excluding carboxylic acids is 2. The molecule has 1 atom stereocenters. The zero-order chi connectivity index (χ0) is 13.3. The minimum atomic E-state index is -1.30.